The number of thioether (sulfide) groups is 1. The maximum absolute atomic E-state index is 12.3. The Morgan fingerprint density at radius 2 is 2.12 bits per heavy atom. The van der Waals surface area contributed by atoms with Gasteiger partial charge in [-0.25, -0.2) is 14.5 Å². The lowest BCUT2D eigenvalue weighted by Gasteiger charge is -2.31. The standard InChI is InChI=1S/C17H23N5OS/c1-2-16-11-21(7-8-24-16)17(23)19-9-14-3-5-15(6-4-14)10-22-13-18-12-20-22/h3-6,12-13,16H,2,7-11H2,1H3,(H,19,23)/t16-/m0/s1. The molecule has 7 heteroatoms. The van der Waals surface area contributed by atoms with Crippen LogP contribution in [-0.4, -0.2) is 49.8 Å². The van der Waals surface area contributed by atoms with Crippen molar-refractivity contribution in [3.05, 3.63) is 48.0 Å². The second-order valence-electron chi connectivity index (χ2n) is 5.92. The Morgan fingerprint density at radius 1 is 1.33 bits per heavy atom. The maximum atomic E-state index is 12.3. The number of aromatic nitrogens is 3. The Hall–Kier alpha value is -2.02. The zero-order chi connectivity index (χ0) is 16.8. The van der Waals surface area contributed by atoms with Gasteiger partial charge in [-0.1, -0.05) is 31.2 Å². The van der Waals surface area contributed by atoms with Crippen molar-refractivity contribution in [2.45, 2.75) is 31.7 Å². The van der Waals surface area contributed by atoms with Gasteiger partial charge in [-0.3, -0.25) is 0 Å². The molecule has 3 rings (SSSR count). The molecule has 2 amide bonds. The zero-order valence-corrected chi connectivity index (χ0v) is 14.7. The van der Waals surface area contributed by atoms with Gasteiger partial charge in [-0.15, -0.1) is 0 Å². The average molecular weight is 345 g/mol. The number of amides is 2. The fourth-order valence-electron chi connectivity index (χ4n) is 2.70. The molecule has 0 saturated carbocycles. The topological polar surface area (TPSA) is 63.1 Å². The second kappa shape index (κ2) is 8.19. The molecule has 24 heavy (non-hydrogen) atoms. The third-order valence-corrected chi connectivity index (χ3v) is 5.53. The van der Waals surface area contributed by atoms with Crippen LogP contribution in [0.15, 0.2) is 36.9 Å². The Bertz CT molecular complexity index is 644. The summed E-state index contributed by atoms with van der Waals surface area (Å²) in [5, 5.41) is 7.70. The molecule has 1 aliphatic rings. The monoisotopic (exact) mass is 345 g/mol. The molecular formula is C17H23N5OS. The van der Waals surface area contributed by atoms with E-state index in [0.29, 0.717) is 18.3 Å². The molecule has 0 aliphatic carbocycles. The molecule has 2 aromatic rings. The van der Waals surface area contributed by atoms with Gasteiger partial charge in [0.05, 0.1) is 6.54 Å². The zero-order valence-electron chi connectivity index (χ0n) is 13.9. The van der Waals surface area contributed by atoms with Gasteiger partial charge in [-0.05, 0) is 17.5 Å². The molecule has 1 aromatic carbocycles. The predicted molar refractivity (Wildman–Crippen MR) is 95.9 cm³/mol. The molecule has 6 nitrogen and oxygen atoms in total. The van der Waals surface area contributed by atoms with Crippen LogP contribution in [0, 0.1) is 0 Å². The lowest BCUT2D eigenvalue weighted by molar-refractivity contribution is 0.199. The van der Waals surface area contributed by atoms with E-state index in [9.17, 15) is 4.79 Å². The molecule has 1 atom stereocenters. The van der Waals surface area contributed by atoms with Crippen LogP contribution < -0.4 is 5.32 Å². The molecule has 128 valence electrons. The summed E-state index contributed by atoms with van der Waals surface area (Å²) in [5.74, 6) is 1.03. The minimum atomic E-state index is 0.0421. The molecule has 0 unspecified atom stereocenters. The summed E-state index contributed by atoms with van der Waals surface area (Å²) < 4.78 is 1.79. The van der Waals surface area contributed by atoms with E-state index in [1.54, 1.807) is 11.0 Å². The van der Waals surface area contributed by atoms with Gasteiger partial charge in [0.1, 0.15) is 12.7 Å². The molecule has 1 fully saturated rings. The molecule has 0 radical (unpaired) electrons. The third kappa shape index (κ3) is 4.50. The number of carbonyl (C=O) groups is 1. The summed E-state index contributed by atoms with van der Waals surface area (Å²) in [4.78, 5) is 18.2. The fourth-order valence-corrected chi connectivity index (χ4v) is 3.88. The Balaban J connectivity index is 1.48. The summed E-state index contributed by atoms with van der Waals surface area (Å²) in [6.45, 7) is 5.13. The van der Waals surface area contributed by atoms with Crippen LogP contribution in [0.4, 0.5) is 4.79 Å². The molecule has 1 aliphatic heterocycles. The van der Waals surface area contributed by atoms with Crippen molar-refractivity contribution in [1.82, 2.24) is 25.0 Å². The highest BCUT2D eigenvalue weighted by Crippen LogP contribution is 2.21. The molecule has 1 aromatic heterocycles. The van der Waals surface area contributed by atoms with Crippen molar-refractivity contribution < 1.29 is 4.79 Å². The lowest BCUT2D eigenvalue weighted by atomic mass is 10.1. The van der Waals surface area contributed by atoms with Crippen LogP contribution in [0.5, 0.6) is 0 Å². The number of benzene rings is 1. The number of hydrogen-bond donors (Lipinski definition) is 1. The van der Waals surface area contributed by atoms with E-state index in [4.69, 9.17) is 0 Å². The first-order chi connectivity index (χ1) is 11.7. The van der Waals surface area contributed by atoms with E-state index < -0.39 is 0 Å². The van der Waals surface area contributed by atoms with Crippen molar-refractivity contribution in [3.8, 4) is 0 Å². The smallest absolute Gasteiger partial charge is 0.317 e. The maximum Gasteiger partial charge on any atom is 0.317 e. The van der Waals surface area contributed by atoms with E-state index in [0.717, 1.165) is 36.4 Å². The van der Waals surface area contributed by atoms with E-state index in [2.05, 4.69) is 34.5 Å². The van der Waals surface area contributed by atoms with Gasteiger partial charge in [0.2, 0.25) is 0 Å². The first kappa shape index (κ1) is 16.8. The summed E-state index contributed by atoms with van der Waals surface area (Å²) in [6, 6.07) is 8.27. The number of carbonyl (C=O) groups excluding carboxylic acids is 1. The Kier molecular flexibility index (Phi) is 5.74. The van der Waals surface area contributed by atoms with Gasteiger partial charge >= 0.3 is 6.03 Å². The highest BCUT2D eigenvalue weighted by Gasteiger charge is 2.22. The summed E-state index contributed by atoms with van der Waals surface area (Å²) in [6.07, 6.45) is 4.35. The Morgan fingerprint density at radius 3 is 2.83 bits per heavy atom. The first-order valence-electron chi connectivity index (χ1n) is 8.29. The van der Waals surface area contributed by atoms with Crippen molar-refractivity contribution in [1.29, 1.82) is 0 Å². The predicted octanol–water partition coefficient (Wildman–Crippen LogP) is 2.36. The summed E-state index contributed by atoms with van der Waals surface area (Å²) >= 11 is 1.97. The van der Waals surface area contributed by atoms with Crippen molar-refractivity contribution >= 4 is 17.8 Å². The van der Waals surface area contributed by atoms with Crippen molar-refractivity contribution in [2.75, 3.05) is 18.8 Å². The minimum absolute atomic E-state index is 0.0421. The van der Waals surface area contributed by atoms with Gasteiger partial charge in [0, 0.05) is 30.6 Å². The molecule has 2 heterocycles. The third-order valence-electron chi connectivity index (χ3n) is 4.16. The van der Waals surface area contributed by atoms with Crippen LogP contribution in [0.3, 0.4) is 0 Å². The van der Waals surface area contributed by atoms with Crippen LogP contribution in [-0.2, 0) is 13.1 Å². The SMILES string of the molecule is CC[C@H]1CN(C(=O)NCc2ccc(Cn3cncn3)cc2)CCS1. The fraction of sp³-hybridized carbons (Fsp3) is 0.471. The number of nitrogens with one attached hydrogen (secondary N) is 1. The van der Waals surface area contributed by atoms with Gasteiger partial charge in [0.25, 0.3) is 0 Å². The number of rotatable bonds is 5. The second-order valence-corrected chi connectivity index (χ2v) is 7.32. The van der Waals surface area contributed by atoms with E-state index >= 15 is 0 Å². The largest absolute Gasteiger partial charge is 0.334 e. The quantitative estimate of drug-likeness (QED) is 0.904. The van der Waals surface area contributed by atoms with Crippen molar-refractivity contribution in [2.24, 2.45) is 0 Å². The number of nitrogens with zero attached hydrogens (tertiary/aromatic N) is 4. The first-order valence-corrected chi connectivity index (χ1v) is 9.34. The van der Waals surface area contributed by atoms with Gasteiger partial charge in [-0.2, -0.15) is 16.9 Å². The normalized spacial score (nSPS) is 17.7. The highest BCUT2D eigenvalue weighted by molar-refractivity contribution is 8.00. The van der Waals surface area contributed by atoms with Crippen molar-refractivity contribution in [3.63, 3.8) is 0 Å². The minimum Gasteiger partial charge on any atom is -0.334 e. The van der Waals surface area contributed by atoms with E-state index in [1.165, 1.54) is 6.33 Å². The van der Waals surface area contributed by atoms with Crippen LogP contribution in [0.1, 0.15) is 24.5 Å². The molecule has 0 spiro atoms. The summed E-state index contributed by atoms with van der Waals surface area (Å²) in [5.41, 5.74) is 2.26. The molecule has 1 saturated heterocycles. The van der Waals surface area contributed by atoms with Crippen LogP contribution >= 0.6 is 11.8 Å². The number of hydrogen-bond acceptors (Lipinski definition) is 4. The van der Waals surface area contributed by atoms with Crippen LogP contribution in [0.25, 0.3) is 0 Å². The highest BCUT2D eigenvalue weighted by atomic mass is 32.2. The Labute approximate surface area is 146 Å². The van der Waals surface area contributed by atoms with E-state index in [-0.39, 0.29) is 6.03 Å². The molecule has 1 N–H and O–H groups in total. The lowest BCUT2D eigenvalue weighted by Crippen LogP contribution is -2.46. The van der Waals surface area contributed by atoms with E-state index in [1.807, 2.05) is 28.8 Å². The van der Waals surface area contributed by atoms with Crippen LogP contribution in [0.2, 0.25) is 0 Å². The van der Waals surface area contributed by atoms with Gasteiger partial charge < -0.3 is 10.2 Å². The molecule has 0 bridgehead atoms. The summed E-state index contributed by atoms with van der Waals surface area (Å²) in [7, 11) is 0. The molecular weight excluding hydrogens is 322 g/mol. The number of urea groups is 1. The van der Waals surface area contributed by atoms with Gasteiger partial charge in [0.15, 0.2) is 0 Å². The average Bonchev–Trinajstić information content (AvgIpc) is 3.14.